The lowest BCUT2D eigenvalue weighted by Crippen LogP contribution is -2.25. The van der Waals surface area contributed by atoms with Crippen LogP contribution >= 0.6 is 23.5 Å². The van der Waals surface area contributed by atoms with Crippen LogP contribution in [0.4, 0.5) is 5.69 Å². The highest BCUT2D eigenvalue weighted by Crippen LogP contribution is 2.24. The monoisotopic (exact) mass is 435 g/mol. The van der Waals surface area contributed by atoms with Gasteiger partial charge in [-0.15, -0.1) is 0 Å². The minimum absolute atomic E-state index is 0.227. The standard InChI is InChI=1S/C20H25N3O4S2/c1-4-16(29-20-22-15(12-28-6-3)11-17(24)23-20)18(25)21-14-9-7-8-13(10-14)19(26)27-5-2/h7-11,16H,4-6,12H2,1-3H3,(H,21,25)(H,22,23,24). The van der Waals surface area contributed by atoms with E-state index < -0.39 is 11.2 Å². The Bertz CT molecular complexity index is 901. The van der Waals surface area contributed by atoms with Gasteiger partial charge in [0.15, 0.2) is 5.16 Å². The van der Waals surface area contributed by atoms with Crippen LogP contribution in [0.3, 0.4) is 0 Å². The Balaban J connectivity index is 2.09. The van der Waals surface area contributed by atoms with Gasteiger partial charge in [-0.3, -0.25) is 9.59 Å². The van der Waals surface area contributed by atoms with E-state index in [1.54, 1.807) is 43.0 Å². The highest BCUT2D eigenvalue weighted by molar-refractivity contribution is 8.00. The van der Waals surface area contributed by atoms with Gasteiger partial charge in [-0.1, -0.05) is 31.7 Å². The fraction of sp³-hybridized carbons (Fsp3) is 0.400. The molecule has 2 N–H and O–H groups in total. The van der Waals surface area contributed by atoms with E-state index in [1.807, 2.05) is 13.8 Å². The summed E-state index contributed by atoms with van der Waals surface area (Å²) in [4.78, 5) is 43.6. The summed E-state index contributed by atoms with van der Waals surface area (Å²) in [5.41, 5.74) is 1.35. The number of hydrogen-bond donors (Lipinski definition) is 2. The number of carbonyl (C=O) groups excluding carboxylic acids is 2. The van der Waals surface area contributed by atoms with Gasteiger partial charge in [-0.2, -0.15) is 11.8 Å². The number of nitrogens with one attached hydrogen (secondary N) is 2. The Morgan fingerprint density at radius 1 is 1.24 bits per heavy atom. The van der Waals surface area contributed by atoms with Gasteiger partial charge in [0.05, 0.1) is 23.1 Å². The number of aromatic nitrogens is 2. The quantitative estimate of drug-likeness (QED) is 0.333. The molecule has 1 heterocycles. The topological polar surface area (TPSA) is 101 Å². The van der Waals surface area contributed by atoms with Crippen molar-refractivity contribution in [2.45, 2.75) is 43.4 Å². The van der Waals surface area contributed by atoms with Gasteiger partial charge in [0.2, 0.25) is 5.91 Å². The predicted octanol–water partition coefficient (Wildman–Crippen LogP) is 3.71. The molecule has 0 fully saturated rings. The molecule has 1 aromatic heterocycles. The van der Waals surface area contributed by atoms with Crippen molar-refractivity contribution < 1.29 is 14.3 Å². The molecule has 0 aliphatic carbocycles. The van der Waals surface area contributed by atoms with Crippen LogP contribution in [0.2, 0.25) is 0 Å². The molecule has 0 aliphatic heterocycles. The van der Waals surface area contributed by atoms with E-state index in [4.69, 9.17) is 4.74 Å². The molecule has 1 aromatic carbocycles. The third-order valence-electron chi connectivity index (χ3n) is 3.79. The zero-order valence-electron chi connectivity index (χ0n) is 16.7. The van der Waals surface area contributed by atoms with Gasteiger partial charge in [-0.05, 0) is 37.3 Å². The molecule has 0 spiro atoms. The lowest BCUT2D eigenvalue weighted by Gasteiger charge is -2.15. The third-order valence-corrected chi connectivity index (χ3v) is 5.94. The van der Waals surface area contributed by atoms with E-state index >= 15 is 0 Å². The van der Waals surface area contributed by atoms with E-state index in [1.165, 1.54) is 17.8 Å². The summed E-state index contributed by atoms with van der Waals surface area (Å²) in [6, 6.07) is 8.09. The Hall–Kier alpha value is -2.26. The van der Waals surface area contributed by atoms with Crippen LogP contribution < -0.4 is 10.9 Å². The van der Waals surface area contributed by atoms with E-state index in [0.717, 1.165) is 5.75 Å². The largest absolute Gasteiger partial charge is 0.462 e. The highest BCUT2D eigenvalue weighted by Gasteiger charge is 2.20. The number of carbonyl (C=O) groups is 2. The van der Waals surface area contributed by atoms with Crippen LogP contribution in [0, 0.1) is 0 Å². The van der Waals surface area contributed by atoms with Crippen LogP contribution in [0.15, 0.2) is 40.3 Å². The van der Waals surface area contributed by atoms with Gasteiger partial charge >= 0.3 is 5.97 Å². The van der Waals surface area contributed by atoms with Crippen LogP contribution in [0.1, 0.15) is 43.2 Å². The number of esters is 1. The summed E-state index contributed by atoms with van der Waals surface area (Å²) in [5, 5.41) is 2.80. The SMILES string of the molecule is CCOC(=O)c1cccc(NC(=O)C(CC)Sc2nc(CSCC)cc(=O)[nH]2)c1. The summed E-state index contributed by atoms with van der Waals surface area (Å²) < 4.78 is 4.99. The van der Waals surface area contributed by atoms with Crippen LogP contribution in [-0.4, -0.2) is 39.5 Å². The maximum Gasteiger partial charge on any atom is 0.338 e. The molecule has 9 heteroatoms. The van der Waals surface area contributed by atoms with Crippen molar-refractivity contribution in [1.82, 2.24) is 9.97 Å². The normalized spacial score (nSPS) is 11.7. The lowest BCUT2D eigenvalue weighted by molar-refractivity contribution is -0.115. The molecule has 29 heavy (non-hydrogen) atoms. The molecule has 0 saturated carbocycles. The Morgan fingerprint density at radius 2 is 2.03 bits per heavy atom. The summed E-state index contributed by atoms with van der Waals surface area (Å²) in [7, 11) is 0. The average Bonchev–Trinajstić information content (AvgIpc) is 2.70. The van der Waals surface area contributed by atoms with E-state index in [0.29, 0.717) is 34.3 Å². The summed E-state index contributed by atoms with van der Waals surface area (Å²) in [6.07, 6.45) is 0.547. The zero-order valence-corrected chi connectivity index (χ0v) is 18.3. The summed E-state index contributed by atoms with van der Waals surface area (Å²) >= 11 is 2.89. The zero-order chi connectivity index (χ0) is 21.2. The molecule has 1 atom stereocenters. The number of nitrogens with zero attached hydrogens (tertiary/aromatic N) is 1. The van der Waals surface area contributed by atoms with Crippen molar-refractivity contribution in [3.63, 3.8) is 0 Å². The molecule has 1 amide bonds. The summed E-state index contributed by atoms with van der Waals surface area (Å²) in [6.45, 7) is 5.95. The second kappa shape index (κ2) is 11.7. The molecule has 0 aliphatic rings. The first-order valence-corrected chi connectivity index (χ1v) is 11.4. The molecule has 7 nitrogen and oxygen atoms in total. The van der Waals surface area contributed by atoms with Gasteiger partial charge in [0.25, 0.3) is 5.56 Å². The Labute approximate surface area is 178 Å². The van der Waals surface area contributed by atoms with Crippen molar-refractivity contribution in [1.29, 1.82) is 0 Å². The van der Waals surface area contributed by atoms with Crippen molar-refractivity contribution in [2.75, 3.05) is 17.7 Å². The minimum atomic E-state index is -0.446. The molecule has 2 aromatic rings. The average molecular weight is 436 g/mol. The van der Waals surface area contributed by atoms with Crippen molar-refractivity contribution in [3.05, 3.63) is 51.9 Å². The first kappa shape index (κ1) is 23.0. The summed E-state index contributed by atoms with van der Waals surface area (Å²) in [5.74, 6) is 0.919. The van der Waals surface area contributed by atoms with Crippen molar-refractivity contribution >= 4 is 41.1 Å². The first-order chi connectivity index (χ1) is 14.0. The second-order valence-corrected chi connectivity index (χ2v) is 8.45. The number of aromatic amines is 1. The number of ether oxygens (including phenoxy) is 1. The molecular formula is C20H25N3O4S2. The number of benzene rings is 1. The minimum Gasteiger partial charge on any atom is -0.462 e. The maximum absolute atomic E-state index is 12.7. The highest BCUT2D eigenvalue weighted by atomic mass is 32.2. The maximum atomic E-state index is 12.7. The van der Waals surface area contributed by atoms with Crippen molar-refractivity contribution in [3.8, 4) is 0 Å². The van der Waals surface area contributed by atoms with Gasteiger partial charge < -0.3 is 15.0 Å². The number of hydrogen-bond acceptors (Lipinski definition) is 7. The number of thioether (sulfide) groups is 2. The molecule has 0 bridgehead atoms. The molecule has 2 rings (SSSR count). The molecule has 156 valence electrons. The Morgan fingerprint density at radius 3 is 2.72 bits per heavy atom. The third kappa shape index (κ3) is 7.25. The smallest absolute Gasteiger partial charge is 0.338 e. The Kier molecular flexibility index (Phi) is 9.27. The van der Waals surface area contributed by atoms with Crippen LogP contribution in [0.5, 0.6) is 0 Å². The molecule has 1 unspecified atom stereocenters. The lowest BCUT2D eigenvalue weighted by atomic mass is 10.2. The number of amides is 1. The van der Waals surface area contributed by atoms with Crippen LogP contribution in [0.25, 0.3) is 0 Å². The van der Waals surface area contributed by atoms with Crippen molar-refractivity contribution in [2.24, 2.45) is 0 Å². The number of anilines is 1. The van der Waals surface area contributed by atoms with E-state index in [2.05, 4.69) is 15.3 Å². The predicted molar refractivity (Wildman–Crippen MR) is 118 cm³/mol. The second-order valence-electron chi connectivity index (χ2n) is 5.98. The fourth-order valence-electron chi connectivity index (χ4n) is 2.44. The molecule has 0 radical (unpaired) electrons. The first-order valence-electron chi connectivity index (χ1n) is 9.39. The van der Waals surface area contributed by atoms with Gasteiger partial charge in [0, 0.05) is 17.5 Å². The number of rotatable bonds is 10. The van der Waals surface area contributed by atoms with E-state index in [9.17, 15) is 14.4 Å². The van der Waals surface area contributed by atoms with E-state index in [-0.39, 0.29) is 18.1 Å². The van der Waals surface area contributed by atoms with Gasteiger partial charge in [0.1, 0.15) is 0 Å². The molecular weight excluding hydrogens is 410 g/mol. The fourth-order valence-corrected chi connectivity index (χ4v) is 3.93. The molecule has 0 saturated heterocycles. The van der Waals surface area contributed by atoms with Crippen LogP contribution in [-0.2, 0) is 15.3 Å². The van der Waals surface area contributed by atoms with Gasteiger partial charge in [-0.25, -0.2) is 9.78 Å². The number of H-pyrrole nitrogens is 1.